The maximum atomic E-state index is 13.4. The van der Waals surface area contributed by atoms with Gasteiger partial charge in [-0.15, -0.1) is 0 Å². The van der Waals surface area contributed by atoms with Gasteiger partial charge in [0, 0.05) is 17.6 Å². The molecule has 98 valence electrons. The Labute approximate surface area is 108 Å². The topological polar surface area (TPSA) is 21.3 Å². The van der Waals surface area contributed by atoms with Crippen LogP contribution in [-0.2, 0) is 0 Å². The fourth-order valence-corrected chi connectivity index (χ4v) is 3.36. The van der Waals surface area contributed by atoms with E-state index < -0.39 is 0 Å². The van der Waals surface area contributed by atoms with Crippen molar-refractivity contribution in [3.05, 3.63) is 29.6 Å². The standard InChI is InChI=1S/C15H20FNO/c1-9(17-14-5-3-10-7-13(10)14)12-8-11(16)4-6-15(12)18-2/h4,6,8-10,13-14,17H,3,5,7H2,1-2H3. The van der Waals surface area contributed by atoms with E-state index in [1.165, 1.54) is 25.3 Å². The Morgan fingerprint density at radius 2 is 2.22 bits per heavy atom. The summed E-state index contributed by atoms with van der Waals surface area (Å²) in [6, 6.07) is 5.48. The number of fused-ring (bicyclic) bond motifs is 1. The van der Waals surface area contributed by atoms with E-state index in [2.05, 4.69) is 12.2 Å². The number of halogens is 1. The van der Waals surface area contributed by atoms with Crippen LogP contribution < -0.4 is 10.1 Å². The van der Waals surface area contributed by atoms with Gasteiger partial charge in [0.1, 0.15) is 11.6 Å². The summed E-state index contributed by atoms with van der Waals surface area (Å²) in [4.78, 5) is 0. The van der Waals surface area contributed by atoms with Gasteiger partial charge in [0.2, 0.25) is 0 Å². The van der Waals surface area contributed by atoms with Crippen molar-refractivity contribution in [3.8, 4) is 5.75 Å². The second kappa shape index (κ2) is 4.54. The lowest BCUT2D eigenvalue weighted by Gasteiger charge is -2.22. The second-order valence-electron chi connectivity index (χ2n) is 5.62. The van der Waals surface area contributed by atoms with Gasteiger partial charge in [0.25, 0.3) is 0 Å². The Bertz CT molecular complexity index is 448. The number of benzene rings is 1. The van der Waals surface area contributed by atoms with E-state index in [0.717, 1.165) is 23.1 Å². The van der Waals surface area contributed by atoms with E-state index in [1.54, 1.807) is 19.2 Å². The van der Waals surface area contributed by atoms with Gasteiger partial charge in [0.05, 0.1) is 7.11 Å². The van der Waals surface area contributed by atoms with Crippen LogP contribution in [0.15, 0.2) is 18.2 Å². The van der Waals surface area contributed by atoms with Crippen LogP contribution in [0.1, 0.15) is 37.8 Å². The Balaban J connectivity index is 1.74. The number of ether oxygens (including phenoxy) is 1. The lowest BCUT2D eigenvalue weighted by Crippen LogP contribution is -2.31. The van der Waals surface area contributed by atoms with Crippen LogP contribution in [0, 0.1) is 17.7 Å². The normalized spacial score (nSPS) is 30.9. The molecule has 0 aromatic heterocycles. The van der Waals surface area contributed by atoms with Crippen molar-refractivity contribution in [2.24, 2.45) is 11.8 Å². The van der Waals surface area contributed by atoms with Gasteiger partial charge in [-0.3, -0.25) is 0 Å². The van der Waals surface area contributed by atoms with Crippen molar-refractivity contribution in [3.63, 3.8) is 0 Å². The lowest BCUT2D eigenvalue weighted by molar-refractivity contribution is 0.383. The first-order valence-corrected chi connectivity index (χ1v) is 6.78. The number of hydrogen-bond donors (Lipinski definition) is 1. The Hall–Kier alpha value is -1.09. The molecule has 1 aromatic carbocycles. The van der Waals surface area contributed by atoms with Crippen LogP contribution in [0.3, 0.4) is 0 Å². The highest BCUT2D eigenvalue weighted by molar-refractivity contribution is 5.36. The maximum Gasteiger partial charge on any atom is 0.123 e. The Kier molecular flexibility index (Phi) is 3.02. The smallest absolute Gasteiger partial charge is 0.123 e. The molecule has 2 fully saturated rings. The highest BCUT2D eigenvalue weighted by atomic mass is 19.1. The summed E-state index contributed by atoms with van der Waals surface area (Å²) in [6.45, 7) is 2.09. The second-order valence-corrected chi connectivity index (χ2v) is 5.62. The summed E-state index contributed by atoms with van der Waals surface area (Å²) >= 11 is 0. The monoisotopic (exact) mass is 249 g/mol. The molecule has 2 aliphatic rings. The zero-order valence-electron chi connectivity index (χ0n) is 10.9. The molecule has 0 amide bonds. The SMILES string of the molecule is COc1ccc(F)cc1C(C)NC1CCC2CC21. The van der Waals surface area contributed by atoms with Gasteiger partial charge in [-0.25, -0.2) is 4.39 Å². The molecule has 0 radical (unpaired) electrons. The minimum atomic E-state index is -0.199. The van der Waals surface area contributed by atoms with Crippen molar-refractivity contribution in [1.82, 2.24) is 5.32 Å². The third kappa shape index (κ3) is 2.12. The van der Waals surface area contributed by atoms with Crippen LogP contribution in [-0.4, -0.2) is 13.2 Å². The molecule has 4 unspecified atom stereocenters. The molecular formula is C15H20FNO. The zero-order valence-corrected chi connectivity index (χ0v) is 10.9. The summed E-state index contributed by atoms with van der Waals surface area (Å²) in [5, 5.41) is 3.64. The number of rotatable bonds is 4. The fraction of sp³-hybridized carbons (Fsp3) is 0.600. The van der Waals surface area contributed by atoms with Crippen LogP contribution in [0.5, 0.6) is 5.75 Å². The van der Waals surface area contributed by atoms with Crippen LogP contribution in [0.4, 0.5) is 4.39 Å². The molecule has 18 heavy (non-hydrogen) atoms. The number of methoxy groups -OCH3 is 1. The van der Waals surface area contributed by atoms with Crippen LogP contribution in [0.25, 0.3) is 0 Å². The molecule has 0 aliphatic heterocycles. The minimum Gasteiger partial charge on any atom is -0.496 e. The third-order valence-corrected chi connectivity index (χ3v) is 4.46. The first-order chi connectivity index (χ1) is 8.69. The molecule has 3 rings (SSSR count). The largest absolute Gasteiger partial charge is 0.496 e. The average Bonchev–Trinajstić information content (AvgIpc) is 3.05. The fourth-order valence-electron chi connectivity index (χ4n) is 3.36. The summed E-state index contributed by atoms with van der Waals surface area (Å²) in [5.74, 6) is 2.40. The first-order valence-electron chi connectivity index (χ1n) is 6.78. The molecular weight excluding hydrogens is 229 g/mol. The van der Waals surface area contributed by atoms with E-state index in [1.807, 2.05) is 0 Å². The third-order valence-electron chi connectivity index (χ3n) is 4.46. The molecule has 0 spiro atoms. The molecule has 2 aliphatic carbocycles. The number of hydrogen-bond acceptors (Lipinski definition) is 2. The summed E-state index contributed by atoms with van der Waals surface area (Å²) in [5.41, 5.74) is 0.918. The molecule has 0 saturated heterocycles. The van der Waals surface area contributed by atoms with E-state index >= 15 is 0 Å². The lowest BCUT2D eigenvalue weighted by atomic mass is 10.0. The summed E-state index contributed by atoms with van der Waals surface area (Å²) in [6.07, 6.45) is 4.00. The molecule has 2 saturated carbocycles. The van der Waals surface area contributed by atoms with Gasteiger partial charge in [-0.05, 0) is 56.2 Å². The molecule has 2 nitrogen and oxygen atoms in total. The van der Waals surface area contributed by atoms with Crippen LogP contribution in [0.2, 0.25) is 0 Å². The Morgan fingerprint density at radius 1 is 1.39 bits per heavy atom. The molecule has 3 heteroatoms. The van der Waals surface area contributed by atoms with Gasteiger partial charge in [-0.2, -0.15) is 0 Å². The molecule has 0 heterocycles. The molecule has 4 atom stereocenters. The average molecular weight is 249 g/mol. The van der Waals surface area contributed by atoms with E-state index in [4.69, 9.17) is 4.74 Å². The minimum absolute atomic E-state index is 0.139. The van der Waals surface area contributed by atoms with Crippen molar-refractivity contribution in [2.45, 2.75) is 38.3 Å². The van der Waals surface area contributed by atoms with E-state index in [9.17, 15) is 4.39 Å². The predicted octanol–water partition coefficient (Wildman–Crippen LogP) is 3.28. The van der Waals surface area contributed by atoms with E-state index in [-0.39, 0.29) is 11.9 Å². The first kappa shape index (κ1) is 12.0. The van der Waals surface area contributed by atoms with Gasteiger partial charge >= 0.3 is 0 Å². The quantitative estimate of drug-likeness (QED) is 0.884. The highest BCUT2D eigenvalue weighted by Crippen LogP contribution is 2.52. The predicted molar refractivity (Wildman–Crippen MR) is 69.1 cm³/mol. The highest BCUT2D eigenvalue weighted by Gasteiger charge is 2.48. The summed E-state index contributed by atoms with van der Waals surface area (Å²) in [7, 11) is 1.63. The van der Waals surface area contributed by atoms with Crippen molar-refractivity contribution < 1.29 is 9.13 Å². The summed E-state index contributed by atoms with van der Waals surface area (Å²) < 4.78 is 18.7. The van der Waals surface area contributed by atoms with Crippen molar-refractivity contribution in [1.29, 1.82) is 0 Å². The molecule has 1 N–H and O–H groups in total. The molecule has 1 aromatic rings. The van der Waals surface area contributed by atoms with Gasteiger partial charge in [0.15, 0.2) is 0 Å². The van der Waals surface area contributed by atoms with Crippen molar-refractivity contribution in [2.75, 3.05) is 7.11 Å². The Morgan fingerprint density at radius 3 is 2.83 bits per heavy atom. The zero-order chi connectivity index (χ0) is 12.7. The van der Waals surface area contributed by atoms with Gasteiger partial charge in [-0.1, -0.05) is 0 Å². The van der Waals surface area contributed by atoms with Gasteiger partial charge < -0.3 is 10.1 Å². The van der Waals surface area contributed by atoms with Crippen molar-refractivity contribution >= 4 is 0 Å². The number of nitrogens with one attached hydrogen (secondary N) is 1. The maximum absolute atomic E-state index is 13.4. The molecule has 0 bridgehead atoms. The van der Waals surface area contributed by atoms with Crippen LogP contribution >= 0.6 is 0 Å². The van der Waals surface area contributed by atoms with E-state index in [0.29, 0.717) is 6.04 Å².